The van der Waals surface area contributed by atoms with Crippen molar-refractivity contribution in [1.29, 1.82) is 0 Å². The van der Waals surface area contributed by atoms with Crippen molar-refractivity contribution in [3.05, 3.63) is 78.6 Å². The number of aryl methyl sites for hydroxylation is 1. The molecule has 124 valence electrons. The third-order valence-electron chi connectivity index (χ3n) is 5.48. The minimum Gasteiger partial charge on any atom is -0.261 e. The van der Waals surface area contributed by atoms with Gasteiger partial charge in [0.15, 0.2) is 5.52 Å². The Labute approximate surface area is 150 Å². The molecule has 0 unspecified atom stereocenters. The minimum absolute atomic E-state index is 0.916. The van der Waals surface area contributed by atoms with Gasteiger partial charge in [0.1, 0.15) is 11.2 Å². The zero-order chi connectivity index (χ0) is 17.3. The van der Waals surface area contributed by atoms with E-state index in [1.54, 1.807) is 0 Å². The van der Waals surface area contributed by atoms with Crippen LogP contribution in [-0.4, -0.2) is 14.1 Å². The Kier molecular flexibility index (Phi) is 2.57. The van der Waals surface area contributed by atoms with E-state index in [2.05, 4.69) is 86.4 Å². The average molecular weight is 337 g/mol. The first-order valence-electron chi connectivity index (χ1n) is 8.85. The van der Waals surface area contributed by atoms with E-state index in [0.717, 1.165) is 17.7 Å². The normalized spacial score (nSPS) is 12.7. The number of hydrogen-bond donors (Lipinski definition) is 0. The molecule has 4 heteroatoms. The Morgan fingerprint density at radius 1 is 0.962 bits per heavy atom. The number of nitrogens with zero attached hydrogens (tertiary/aromatic N) is 4. The molecule has 0 saturated carbocycles. The summed E-state index contributed by atoms with van der Waals surface area (Å²) in [6.07, 6.45) is 3.86. The van der Waals surface area contributed by atoms with Gasteiger partial charge in [-0.3, -0.25) is 4.98 Å². The fourth-order valence-electron chi connectivity index (χ4n) is 4.43. The standard InChI is InChI=1S/C22H17N4/c1-24-21-17-10-6-5-7-15(17)14-25(21)20-18-11-12-23-13-19(18)26(22(20)24)16-8-3-2-4-9-16/h2-13H,14H2,1H3/q+1. The number of hydrogen-bond acceptors (Lipinski definition) is 1. The van der Waals surface area contributed by atoms with Crippen LogP contribution in [0, 0.1) is 0 Å². The summed E-state index contributed by atoms with van der Waals surface area (Å²) in [5.74, 6) is 1.27. The van der Waals surface area contributed by atoms with Gasteiger partial charge < -0.3 is 0 Å². The van der Waals surface area contributed by atoms with Gasteiger partial charge in [0.25, 0.3) is 5.65 Å². The Bertz CT molecular complexity index is 1310. The molecule has 4 heterocycles. The van der Waals surface area contributed by atoms with E-state index in [9.17, 15) is 0 Å². The maximum atomic E-state index is 4.40. The number of imidazole rings is 1. The molecule has 2 aromatic carbocycles. The summed E-state index contributed by atoms with van der Waals surface area (Å²) in [5.41, 5.74) is 7.51. The SMILES string of the molecule is C[n+]1c2n(c3c4ccncc4n(-c4ccccc4)c31)Cc1ccccc1-2. The Morgan fingerprint density at radius 2 is 1.77 bits per heavy atom. The monoisotopic (exact) mass is 337 g/mol. The predicted molar refractivity (Wildman–Crippen MR) is 102 cm³/mol. The second kappa shape index (κ2) is 4.82. The zero-order valence-corrected chi connectivity index (χ0v) is 14.4. The summed E-state index contributed by atoms with van der Waals surface area (Å²) >= 11 is 0. The van der Waals surface area contributed by atoms with E-state index >= 15 is 0 Å². The molecule has 26 heavy (non-hydrogen) atoms. The largest absolute Gasteiger partial charge is 0.274 e. The molecule has 1 aliphatic heterocycles. The fourth-order valence-corrected chi connectivity index (χ4v) is 4.43. The van der Waals surface area contributed by atoms with E-state index < -0.39 is 0 Å². The first-order valence-corrected chi connectivity index (χ1v) is 8.85. The van der Waals surface area contributed by atoms with Gasteiger partial charge in [-0.05, 0) is 29.8 Å². The molecule has 0 amide bonds. The molecule has 0 N–H and O–H groups in total. The molecule has 0 bridgehead atoms. The topological polar surface area (TPSA) is 26.6 Å². The average Bonchev–Trinajstić information content (AvgIpc) is 3.31. The Balaban J connectivity index is 1.83. The van der Waals surface area contributed by atoms with Crippen LogP contribution in [-0.2, 0) is 13.6 Å². The lowest BCUT2D eigenvalue weighted by Gasteiger charge is -2.03. The third kappa shape index (κ3) is 1.59. The third-order valence-corrected chi connectivity index (χ3v) is 5.48. The molecular formula is C22H17N4+. The molecule has 0 atom stereocenters. The van der Waals surface area contributed by atoms with Gasteiger partial charge in [-0.2, -0.15) is 0 Å². The molecule has 0 aliphatic carbocycles. The van der Waals surface area contributed by atoms with Gasteiger partial charge in [0.05, 0.1) is 30.7 Å². The van der Waals surface area contributed by atoms with Gasteiger partial charge in [-0.15, -0.1) is 0 Å². The maximum absolute atomic E-state index is 4.40. The van der Waals surface area contributed by atoms with Crippen LogP contribution in [0.1, 0.15) is 5.56 Å². The highest BCUT2D eigenvalue weighted by molar-refractivity contribution is 6.06. The molecule has 1 aliphatic rings. The molecule has 3 aromatic heterocycles. The fraction of sp³-hybridized carbons (Fsp3) is 0.0909. The molecule has 0 spiro atoms. The lowest BCUT2D eigenvalue weighted by Crippen LogP contribution is -2.31. The summed E-state index contributed by atoms with van der Waals surface area (Å²) < 4.78 is 7.10. The van der Waals surface area contributed by atoms with Gasteiger partial charge >= 0.3 is 0 Å². The summed E-state index contributed by atoms with van der Waals surface area (Å²) in [4.78, 5) is 4.40. The summed E-state index contributed by atoms with van der Waals surface area (Å²) in [5, 5.41) is 1.24. The molecule has 6 rings (SSSR count). The van der Waals surface area contributed by atoms with Crippen LogP contribution in [0.25, 0.3) is 39.1 Å². The Hall–Kier alpha value is -3.40. The lowest BCUT2D eigenvalue weighted by molar-refractivity contribution is -0.636. The number of aromatic nitrogens is 4. The van der Waals surface area contributed by atoms with E-state index in [-0.39, 0.29) is 0 Å². The summed E-state index contributed by atoms with van der Waals surface area (Å²) in [7, 11) is 2.17. The van der Waals surface area contributed by atoms with Gasteiger partial charge in [0, 0.05) is 6.20 Å². The number of fused-ring (bicyclic) bond motifs is 7. The summed E-state index contributed by atoms with van der Waals surface area (Å²) in [6, 6.07) is 21.4. The van der Waals surface area contributed by atoms with Crippen molar-refractivity contribution in [1.82, 2.24) is 14.1 Å². The van der Waals surface area contributed by atoms with Crippen LogP contribution in [0.5, 0.6) is 0 Å². The van der Waals surface area contributed by atoms with Crippen molar-refractivity contribution in [3.63, 3.8) is 0 Å². The molecule has 0 radical (unpaired) electrons. The molecule has 5 aromatic rings. The first-order chi connectivity index (χ1) is 12.8. The van der Waals surface area contributed by atoms with Crippen molar-refractivity contribution >= 4 is 22.1 Å². The van der Waals surface area contributed by atoms with Gasteiger partial charge in [-0.1, -0.05) is 36.4 Å². The van der Waals surface area contributed by atoms with Crippen molar-refractivity contribution < 1.29 is 4.57 Å². The highest BCUT2D eigenvalue weighted by atomic mass is 15.2. The smallest absolute Gasteiger partial charge is 0.261 e. The Morgan fingerprint density at radius 3 is 2.65 bits per heavy atom. The molecule has 0 fully saturated rings. The second-order valence-corrected chi connectivity index (χ2v) is 6.86. The van der Waals surface area contributed by atoms with E-state index in [1.807, 2.05) is 12.4 Å². The predicted octanol–water partition coefficient (Wildman–Crippen LogP) is 3.83. The van der Waals surface area contributed by atoms with E-state index in [1.165, 1.54) is 33.5 Å². The van der Waals surface area contributed by atoms with Crippen LogP contribution in [0.15, 0.2) is 73.1 Å². The minimum atomic E-state index is 0.916. The van der Waals surface area contributed by atoms with Crippen molar-refractivity contribution in [3.8, 4) is 17.1 Å². The highest BCUT2D eigenvalue weighted by Crippen LogP contribution is 2.38. The molecular weight excluding hydrogens is 320 g/mol. The van der Waals surface area contributed by atoms with Crippen molar-refractivity contribution in [2.45, 2.75) is 6.54 Å². The van der Waals surface area contributed by atoms with Gasteiger partial charge in [-0.25, -0.2) is 13.7 Å². The van der Waals surface area contributed by atoms with E-state index in [0.29, 0.717) is 0 Å². The van der Waals surface area contributed by atoms with Crippen LogP contribution in [0.3, 0.4) is 0 Å². The van der Waals surface area contributed by atoms with Crippen molar-refractivity contribution in [2.75, 3.05) is 0 Å². The first kappa shape index (κ1) is 13.8. The lowest BCUT2D eigenvalue weighted by atomic mass is 10.1. The second-order valence-electron chi connectivity index (χ2n) is 6.86. The molecule has 4 nitrogen and oxygen atoms in total. The summed E-state index contributed by atoms with van der Waals surface area (Å²) in [6.45, 7) is 0.916. The number of para-hydroxylation sites is 1. The van der Waals surface area contributed by atoms with Crippen LogP contribution in [0.4, 0.5) is 0 Å². The van der Waals surface area contributed by atoms with Crippen molar-refractivity contribution in [2.24, 2.45) is 7.05 Å². The van der Waals surface area contributed by atoms with E-state index in [4.69, 9.17) is 0 Å². The van der Waals surface area contributed by atoms with Gasteiger partial charge in [0.2, 0.25) is 5.82 Å². The number of benzene rings is 2. The number of rotatable bonds is 1. The quantitative estimate of drug-likeness (QED) is 0.419. The number of pyridine rings is 1. The molecule has 0 saturated heterocycles. The van der Waals surface area contributed by atoms with Crippen LogP contribution >= 0.6 is 0 Å². The van der Waals surface area contributed by atoms with Crippen LogP contribution < -0.4 is 4.57 Å². The maximum Gasteiger partial charge on any atom is 0.274 e. The highest BCUT2D eigenvalue weighted by Gasteiger charge is 2.35. The van der Waals surface area contributed by atoms with Crippen LogP contribution in [0.2, 0.25) is 0 Å². The zero-order valence-electron chi connectivity index (χ0n) is 14.4.